The van der Waals surface area contributed by atoms with Crippen LogP contribution in [0.5, 0.6) is 0 Å². The molecule has 0 aromatic rings. The zero-order chi connectivity index (χ0) is 6.53. The Labute approximate surface area is 59.8 Å². The lowest BCUT2D eigenvalue weighted by Crippen LogP contribution is -1.63. The SMILES string of the molecule is ClC1=CC=CC=CC=C1. The van der Waals surface area contributed by atoms with Crippen molar-refractivity contribution in [2.45, 2.75) is 0 Å². The van der Waals surface area contributed by atoms with Gasteiger partial charge in [0.2, 0.25) is 0 Å². The van der Waals surface area contributed by atoms with Crippen LogP contribution in [-0.4, -0.2) is 0 Å². The van der Waals surface area contributed by atoms with Crippen molar-refractivity contribution in [1.82, 2.24) is 0 Å². The van der Waals surface area contributed by atoms with E-state index < -0.39 is 0 Å². The van der Waals surface area contributed by atoms with Crippen LogP contribution in [-0.2, 0) is 0 Å². The molecule has 0 fully saturated rings. The molecular weight excluding hydrogens is 132 g/mol. The van der Waals surface area contributed by atoms with E-state index in [-0.39, 0.29) is 0 Å². The molecular formula is C8H7Cl. The first-order valence-electron chi connectivity index (χ1n) is 2.77. The zero-order valence-electron chi connectivity index (χ0n) is 4.92. The van der Waals surface area contributed by atoms with Crippen molar-refractivity contribution >= 4 is 11.6 Å². The molecule has 1 heteroatoms. The number of rotatable bonds is 0. The first-order chi connectivity index (χ1) is 4.39. The molecule has 46 valence electrons. The van der Waals surface area contributed by atoms with Crippen molar-refractivity contribution in [2.75, 3.05) is 0 Å². The fourth-order valence-electron chi connectivity index (χ4n) is 0.543. The van der Waals surface area contributed by atoms with Crippen LogP contribution in [0.25, 0.3) is 0 Å². The summed E-state index contributed by atoms with van der Waals surface area (Å²) in [4.78, 5) is 0. The minimum Gasteiger partial charge on any atom is -0.0843 e. The van der Waals surface area contributed by atoms with Crippen LogP contribution >= 0.6 is 11.6 Å². The van der Waals surface area contributed by atoms with Gasteiger partial charge in [0.1, 0.15) is 0 Å². The number of hydrogen-bond donors (Lipinski definition) is 0. The van der Waals surface area contributed by atoms with E-state index in [0.717, 1.165) is 5.03 Å². The largest absolute Gasteiger partial charge is 0.0843 e. The summed E-state index contributed by atoms with van der Waals surface area (Å²) in [5.41, 5.74) is 0. The molecule has 0 heterocycles. The highest BCUT2D eigenvalue weighted by atomic mass is 35.5. The average molecular weight is 139 g/mol. The van der Waals surface area contributed by atoms with Crippen LogP contribution in [0.1, 0.15) is 0 Å². The average Bonchev–Trinajstić information content (AvgIpc) is 1.79. The summed E-state index contributed by atoms with van der Waals surface area (Å²) in [7, 11) is 0. The summed E-state index contributed by atoms with van der Waals surface area (Å²) in [5, 5.41) is 0.760. The molecule has 0 saturated carbocycles. The number of halogens is 1. The zero-order valence-corrected chi connectivity index (χ0v) is 5.68. The van der Waals surface area contributed by atoms with Gasteiger partial charge in [-0.3, -0.25) is 0 Å². The predicted octanol–water partition coefficient (Wildman–Crippen LogP) is 2.79. The summed E-state index contributed by atoms with van der Waals surface area (Å²) in [6.45, 7) is 0. The van der Waals surface area contributed by atoms with Crippen molar-refractivity contribution < 1.29 is 0 Å². The molecule has 0 nitrogen and oxygen atoms in total. The number of allylic oxidation sites excluding steroid dienone is 8. The first-order valence-corrected chi connectivity index (χ1v) is 3.14. The molecule has 0 aliphatic heterocycles. The standard InChI is InChI=1S/C8H7Cl/c9-8-6-4-2-1-3-5-7-8/h1-7H. The Morgan fingerprint density at radius 2 is 1.56 bits per heavy atom. The van der Waals surface area contributed by atoms with Gasteiger partial charge in [-0.25, -0.2) is 0 Å². The van der Waals surface area contributed by atoms with Gasteiger partial charge in [0.25, 0.3) is 0 Å². The Morgan fingerprint density at radius 1 is 0.889 bits per heavy atom. The molecule has 1 aliphatic carbocycles. The van der Waals surface area contributed by atoms with Crippen LogP contribution < -0.4 is 0 Å². The third-order valence-corrected chi connectivity index (χ3v) is 1.21. The summed E-state index contributed by atoms with van der Waals surface area (Å²) in [5.74, 6) is 0. The van der Waals surface area contributed by atoms with Crippen LogP contribution in [0.3, 0.4) is 0 Å². The second-order valence-electron chi connectivity index (χ2n) is 1.68. The second kappa shape index (κ2) is 3.31. The molecule has 0 atom stereocenters. The summed E-state index contributed by atoms with van der Waals surface area (Å²) < 4.78 is 0. The molecule has 1 rings (SSSR count). The van der Waals surface area contributed by atoms with Gasteiger partial charge < -0.3 is 0 Å². The topological polar surface area (TPSA) is 0 Å². The van der Waals surface area contributed by atoms with Gasteiger partial charge in [0.05, 0.1) is 0 Å². The van der Waals surface area contributed by atoms with Crippen LogP contribution in [0.15, 0.2) is 47.6 Å². The third-order valence-electron chi connectivity index (χ3n) is 0.955. The monoisotopic (exact) mass is 138 g/mol. The van der Waals surface area contributed by atoms with Crippen molar-refractivity contribution in [2.24, 2.45) is 0 Å². The Hall–Kier alpha value is -0.750. The van der Waals surface area contributed by atoms with E-state index in [4.69, 9.17) is 11.6 Å². The molecule has 1 aliphatic rings. The Kier molecular flexibility index (Phi) is 2.34. The fraction of sp³-hybridized carbons (Fsp3) is 0. The third kappa shape index (κ3) is 2.34. The Morgan fingerprint density at radius 3 is 2.44 bits per heavy atom. The quantitative estimate of drug-likeness (QED) is 0.483. The molecule has 0 unspecified atom stereocenters. The lowest BCUT2D eigenvalue weighted by molar-refractivity contribution is 1.77. The van der Waals surface area contributed by atoms with Crippen LogP contribution in [0.2, 0.25) is 0 Å². The Balaban J connectivity index is 2.77. The number of hydrogen-bond acceptors (Lipinski definition) is 0. The van der Waals surface area contributed by atoms with E-state index in [2.05, 4.69) is 0 Å². The van der Waals surface area contributed by atoms with Gasteiger partial charge in [-0.2, -0.15) is 0 Å². The Bertz CT molecular complexity index is 195. The maximum absolute atomic E-state index is 5.68. The van der Waals surface area contributed by atoms with Crippen molar-refractivity contribution in [1.29, 1.82) is 0 Å². The van der Waals surface area contributed by atoms with Gasteiger partial charge in [-0.15, -0.1) is 0 Å². The fourth-order valence-corrected chi connectivity index (χ4v) is 0.688. The van der Waals surface area contributed by atoms with Gasteiger partial charge >= 0.3 is 0 Å². The second-order valence-corrected chi connectivity index (χ2v) is 2.12. The van der Waals surface area contributed by atoms with Gasteiger partial charge in [-0.1, -0.05) is 42.0 Å². The summed E-state index contributed by atoms with van der Waals surface area (Å²) in [6.07, 6.45) is 13.3. The highest BCUT2D eigenvalue weighted by molar-refractivity contribution is 6.31. The highest BCUT2D eigenvalue weighted by Crippen LogP contribution is 2.04. The molecule has 0 amide bonds. The summed E-state index contributed by atoms with van der Waals surface area (Å²) >= 11 is 5.68. The lowest BCUT2D eigenvalue weighted by atomic mass is 10.3. The maximum Gasteiger partial charge on any atom is 0.0405 e. The van der Waals surface area contributed by atoms with E-state index in [9.17, 15) is 0 Å². The van der Waals surface area contributed by atoms with E-state index in [0.29, 0.717) is 0 Å². The molecule has 0 radical (unpaired) electrons. The van der Waals surface area contributed by atoms with Crippen molar-refractivity contribution in [3.05, 3.63) is 47.6 Å². The molecule has 0 bridgehead atoms. The van der Waals surface area contributed by atoms with Crippen LogP contribution in [0, 0.1) is 0 Å². The van der Waals surface area contributed by atoms with E-state index in [1.807, 2.05) is 42.5 Å². The predicted molar refractivity (Wildman–Crippen MR) is 41.4 cm³/mol. The minimum atomic E-state index is 0.760. The van der Waals surface area contributed by atoms with Gasteiger partial charge in [0, 0.05) is 5.03 Å². The smallest absolute Gasteiger partial charge is 0.0405 e. The normalized spacial score (nSPS) is 16.8. The van der Waals surface area contributed by atoms with Crippen molar-refractivity contribution in [3.63, 3.8) is 0 Å². The molecule has 9 heavy (non-hydrogen) atoms. The first kappa shape index (κ1) is 6.37. The van der Waals surface area contributed by atoms with E-state index in [1.165, 1.54) is 0 Å². The van der Waals surface area contributed by atoms with Gasteiger partial charge in [-0.05, 0) is 12.2 Å². The van der Waals surface area contributed by atoms with E-state index in [1.54, 1.807) is 0 Å². The van der Waals surface area contributed by atoms with E-state index >= 15 is 0 Å². The van der Waals surface area contributed by atoms with Crippen LogP contribution in [0.4, 0.5) is 0 Å². The molecule has 0 N–H and O–H groups in total. The summed E-state index contributed by atoms with van der Waals surface area (Å²) in [6, 6.07) is 0. The van der Waals surface area contributed by atoms with Crippen molar-refractivity contribution in [3.8, 4) is 0 Å². The molecule has 0 aromatic carbocycles. The maximum atomic E-state index is 5.68. The highest BCUT2D eigenvalue weighted by Gasteiger charge is 1.79. The lowest BCUT2D eigenvalue weighted by Gasteiger charge is -1.85. The minimum absolute atomic E-state index is 0.760. The molecule has 0 spiro atoms. The molecule has 0 aromatic heterocycles. The molecule has 0 saturated heterocycles. The van der Waals surface area contributed by atoms with Gasteiger partial charge in [0.15, 0.2) is 0 Å².